The first-order valence-electron chi connectivity index (χ1n) is 11.0. The maximum absolute atomic E-state index is 13.8. The van der Waals surface area contributed by atoms with Crippen molar-refractivity contribution in [3.05, 3.63) is 33.9 Å². The minimum Gasteiger partial charge on any atom is -0.363 e. The van der Waals surface area contributed by atoms with Gasteiger partial charge in [0.15, 0.2) is 5.41 Å². The Bertz CT molecular complexity index is 1070. The predicted octanol–water partition coefficient (Wildman–Crippen LogP) is 2.96. The molecule has 170 valence electrons. The molecule has 9 nitrogen and oxygen atoms in total. The van der Waals surface area contributed by atoms with E-state index in [1.54, 1.807) is 6.07 Å². The molecule has 0 radical (unpaired) electrons. The molecule has 4 amide bonds. The number of nitro benzene ring substituents is 1. The summed E-state index contributed by atoms with van der Waals surface area (Å²) in [6.07, 6.45) is 2.64. The molecule has 1 spiro atoms. The second-order valence-electron chi connectivity index (χ2n) is 11.1. The van der Waals surface area contributed by atoms with Crippen LogP contribution in [0.5, 0.6) is 0 Å². The van der Waals surface area contributed by atoms with Crippen LogP contribution in [0.25, 0.3) is 0 Å². The van der Waals surface area contributed by atoms with Gasteiger partial charge in [-0.3, -0.25) is 29.5 Å². The number of barbiturate groups is 1. The Morgan fingerprint density at radius 2 is 1.66 bits per heavy atom. The zero-order chi connectivity index (χ0) is 23.4. The number of anilines is 1. The summed E-state index contributed by atoms with van der Waals surface area (Å²) in [6.45, 7) is 6.58. The lowest BCUT2D eigenvalue weighted by Crippen LogP contribution is -2.72. The molecular formula is C23H28N4O5. The van der Waals surface area contributed by atoms with Crippen molar-refractivity contribution in [2.24, 2.45) is 16.2 Å². The molecule has 0 N–H and O–H groups in total. The Hall–Kier alpha value is -2.97. The zero-order valence-electron chi connectivity index (χ0n) is 19.0. The van der Waals surface area contributed by atoms with Crippen LogP contribution in [0, 0.1) is 26.4 Å². The molecule has 1 aromatic rings. The SMILES string of the molecule is CN1C(=O)N(C)C(=O)C2(Cc3cc([N+](=O)[O-])ccc3N3[C@@H]4CC(C)(C)C[C@](C)(C4)[C@H]32)C1=O. The first-order chi connectivity index (χ1) is 14.8. The molecule has 5 rings (SSSR count). The van der Waals surface area contributed by atoms with Crippen LogP contribution in [-0.4, -0.2) is 58.7 Å². The van der Waals surface area contributed by atoms with Crippen molar-refractivity contribution in [1.29, 1.82) is 0 Å². The fourth-order valence-corrected chi connectivity index (χ4v) is 7.56. The van der Waals surface area contributed by atoms with E-state index >= 15 is 0 Å². The fourth-order valence-electron chi connectivity index (χ4n) is 7.56. The quantitative estimate of drug-likeness (QED) is 0.378. The van der Waals surface area contributed by atoms with E-state index in [-0.39, 0.29) is 29.0 Å². The molecule has 3 fully saturated rings. The number of benzene rings is 1. The minimum absolute atomic E-state index is 0.0194. The molecule has 2 saturated heterocycles. The lowest BCUT2D eigenvalue weighted by Gasteiger charge is -2.54. The van der Waals surface area contributed by atoms with Crippen molar-refractivity contribution in [3.63, 3.8) is 0 Å². The summed E-state index contributed by atoms with van der Waals surface area (Å²) in [5, 5.41) is 11.5. The fraction of sp³-hybridized carbons (Fsp3) is 0.609. The van der Waals surface area contributed by atoms with Crippen molar-refractivity contribution in [2.45, 2.75) is 58.5 Å². The highest BCUT2D eigenvalue weighted by Gasteiger charge is 2.71. The number of rotatable bonds is 1. The van der Waals surface area contributed by atoms with Crippen molar-refractivity contribution >= 4 is 29.2 Å². The number of nitro groups is 1. The molecule has 3 aliphatic heterocycles. The Labute approximate surface area is 186 Å². The molecule has 0 aromatic heterocycles. The van der Waals surface area contributed by atoms with Gasteiger partial charge >= 0.3 is 6.03 Å². The first kappa shape index (κ1) is 20.9. The standard InChI is InChI=1S/C23H28N4O5/c1-21(2)10-15-11-22(3,12-21)17-23(18(28)24(4)20(30)25(5)19(23)29)9-13-8-14(27(31)32)6-7-16(13)26(15)17/h6-8,15,17H,9-12H2,1-5H3/t15-,17+,22+/m1/s1. The van der Waals surface area contributed by atoms with Crippen molar-refractivity contribution < 1.29 is 19.3 Å². The number of non-ortho nitro benzene ring substituents is 1. The van der Waals surface area contributed by atoms with Crippen LogP contribution in [0.1, 0.15) is 45.6 Å². The van der Waals surface area contributed by atoms with Gasteiger partial charge in [-0.05, 0) is 41.7 Å². The Morgan fingerprint density at radius 1 is 1.03 bits per heavy atom. The number of amides is 4. The summed E-state index contributed by atoms with van der Waals surface area (Å²) >= 11 is 0. The molecule has 1 saturated carbocycles. The summed E-state index contributed by atoms with van der Waals surface area (Å²) in [5.74, 6) is -1.02. The Morgan fingerprint density at radius 3 is 2.25 bits per heavy atom. The van der Waals surface area contributed by atoms with Crippen LogP contribution >= 0.6 is 0 Å². The van der Waals surface area contributed by atoms with Crippen molar-refractivity contribution in [3.8, 4) is 0 Å². The van der Waals surface area contributed by atoms with E-state index in [4.69, 9.17) is 0 Å². The van der Waals surface area contributed by atoms with Crippen molar-refractivity contribution in [2.75, 3.05) is 19.0 Å². The lowest BCUT2D eigenvalue weighted by atomic mass is 9.56. The molecule has 1 aromatic carbocycles. The van der Waals surface area contributed by atoms with Gasteiger partial charge in [-0.25, -0.2) is 4.79 Å². The summed E-state index contributed by atoms with van der Waals surface area (Å²) in [5.41, 5.74) is -0.392. The normalized spacial score (nSPS) is 32.3. The molecule has 1 aliphatic carbocycles. The van der Waals surface area contributed by atoms with Gasteiger partial charge in [0.2, 0.25) is 11.8 Å². The van der Waals surface area contributed by atoms with E-state index in [1.165, 1.54) is 26.2 Å². The summed E-state index contributed by atoms with van der Waals surface area (Å²) in [4.78, 5) is 55.5. The van der Waals surface area contributed by atoms with E-state index in [1.807, 2.05) is 0 Å². The monoisotopic (exact) mass is 440 g/mol. The van der Waals surface area contributed by atoms with E-state index in [0.717, 1.165) is 34.7 Å². The average molecular weight is 441 g/mol. The summed E-state index contributed by atoms with van der Waals surface area (Å²) < 4.78 is 0. The average Bonchev–Trinajstić information content (AvgIpc) is 2.94. The van der Waals surface area contributed by atoms with Crippen LogP contribution in [0.2, 0.25) is 0 Å². The van der Waals surface area contributed by atoms with Gasteiger partial charge in [-0.1, -0.05) is 20.8 Å². The maximum atomic E-state index is 13.8. The van der Waals surface area contributed by atoms with E-state index in [2.05, 4.69) is 25.7 Å². The number of imide groups is 2. The van der Waals surface area contributed by atoms with Crippen LogP contribution < -0.4 is 4.90 Å². The summed E-state index contributed by atoms with van der Waals surface area (Å²) in [6, 6.07) is 3.79. The van der Waals surface area contributed by atoms with Crippen LogP contribution in [0.3, 0.4) is 0 Å². The maximum Gasteiger partial charge on any atom is 0.332 e. The third kappa shape index (κ3) is 2.42. The Kier molecular flexibility index (Phi) is 3.97. The van der Waals surface area contributed by atoms with Gasteiger partial charge in [0, 0.05) is 44.4 Å². The number of carbonyl (C=O) groups is 3. The molecule has 2 bridgehead atoms. The molecule has 3 heterocycles. The number of nitrogens with zero attached hydrogens (tertiary/aromatic N) is 4. The van der Waals surface area contributed by atoms with Crippen LogP contribution in [0.4, 0.5) is 16.2 Å². The number of urea groups is 1. The van der Waals surface area contributed by atoms with E-state index in [0.29, 0.717) is 5.56 Å². The smallest absolute Gasteiger partial charge is 0.332 e. The minimum atomic E-state index is -1.50. The highest BCUT2D eigenvalue weighted by Crippen LogP contribution is 2.64. The van der Waals surface area contributed by atoms with Crippen LogP contribution in [-0.2, 0) is 16.0 Å². The van der Waals surface area contributed by atoms with Gasteiger partial charge < -0.3 is 4.90 Å². The van der Waals surface area contributed by atoms with Gasteiger partial charge in [0.05, 0.1) is 11.0 Å². The molecular weight excluding hydrogens is 412 g/mol. The second kappa shape index (κ2) is 6.08. The number of hydrogen-bond donors (Lipinski definition) is 0. The lowest BCUT2D eigenvalue weighted by molar-refractivity contribution is -0.384. The molecule has 32 heavy (non-hydrogen) atoms. The predicted molar refractivity (Wildman–Crippen MR) is 116 cm³/mol. The molecule has 3 atom stereocenters. The third-order valence-corrected chi connectivity index (χ3v) is 8.14. The number of fused-ring (bicyclic) bond motifs is 8. The molecule has 4 aliphatic rings. The van der Waals surface area contributed by atoms with Crippen molar-refractivity contribution in [1.82, 2.24) is 9.80 Å². The van der Waals surface area contributed by atoms with Gasteiger partial charge in [0.25, 0.3) is 5.69 Å². The highest BCUT2D eigenvalue weighted by molar-refractivity contribution is 6.20. The third-order valence-electron chi connectivity index (χ3n) is 8.14. The van der Waals surface area contributed by atoms with Gasteiger partial charge in [-0.15, -0.1) is 0 Å². The highest BCUT2D eigenvalue weighted by atomic mass is 16.6. The van der Waals surface area contributed by atoms with Gasteiger partial charge in [0.1, 0.15) is 0 Å². The van der Waals surface area contributed by atoms with E-state index in [9.17, 15) is 24.5 Å². The largest absolute Gasteiger partial charge is 0.363 e. The summed E-state index contributed by atoms with van der Waals surface area (Å²) in [7, 11) is 2.83. The molecule has 0 unspecified atom stereocenters. The number of hydrogen-bond acceptors (Lipinski definition) is 6. The first-order valence-corrected chi connectivity index (χ1v) is 11.0. The van der Waals surface area contributed by atoms with Gasteiger partial charge in [-0.2, -0.15) is 0 Å². The second-order valence-corrected chi connectivity index (χ2v) is 11.1. The van der Waals surface area contributed by atoms with Crippen LogP contribution in [0.15, 0.2) is 18.2 Å². The van der Waals surface area contributed by atoms with E-state index < -0.39 is 34.2 Å². The Balaban J connectivity index is 1.79. The topological polar surface area (TPSA) is 104 Å². The zero-order valence-corrected chi connectivity index (χ0v) is 19.0. The number of carbonyl (C=O) groups excluding carboxylic acids is 3. The molecule has 9 heteroatoms.